The summed E-state index contributed by atoms with van der Waals surface area (Å²) in [4.78, 5) is 13.9. The summed E-state index contributed by atoms with van der Waals surface area (Å²) in [5.41, 5.74) is 15.1. The molecule has 1 unspecified atom stereocenters. The normalized spacial score (nSPS) is 15.2. The molecule has 5 N–H and O–H groups in total. The summed E-state index contributed by atoms with van der Waals surface area (Å²) < 4.78 is 0. The maximum atomic E-state index is 11.7. The number of rotatable bonds is 6. The van der Waals surface area contributed by atoms with Gasteiger partial charge in [0.2, 0.25) is 0 Å². The molecule has 1 atom stereocenters. The molecule has 0 radical (unpaired) electrons. The van der Waals surface area contributed by atoms with E-state index < -0.39 is 5.91 Å². The number of fused-ring (bicyclic) bond motifs is 1. The second-order valence-electron chi connectivity index (χ2n) is 5.51. The Balaban J connectivity index is 2.36. The number of nitrogens with two attached hydrogens (primary N) is 2. The number of primary amides is 1. The highest BCUT2D eigenvalue weighted by Gasteiger charge is 2.25. The van der Waals surface area contributed by atoms with Crippen LogP contribution in [0.25, 0.3) is 0 Å². The van der Waals surface area contributed by atoms with Gasteiger partial charge in [0.1, 0.15) is 0 Å². The molecule has 110 valence electrons. The fourth-order valence-electron chi connectivity index (χ4n) is 2.85. The fraction of sp³-hybridized carbons (Fsp3) is 0.533. The molecule has 1 amide bonds. The first kappa shape index (κ1) is 14.8. The van der Waals surface area contributed by atoms with Crippen molar-refractivity contribution in [1.82, 2.24) is 0 Å². The topological polar surface area (TPSA) is 92.6 Å². The lowest BCUT2D eigenvalue weighted by molar-refractivity contribution is 0.100. The zero-order valence-electron chi connectivity index (χ0n) is 11.9. The zero-order chi connectivity index (χ0) is 14.7. The maximum Gasteiger partial charge on any atom is 0.250 e. The lowest BCUT2D eigenvalue weighted by Crippen LogP contribution is -2.26. The Bertz CT molecular complexity index is 500. The van der Waals surface area contributed by atoms with Gasteiger partial charge in [-0.1, -0.05) is 6.07 Å². The zero-order valence-corrected chi connectivity index (χ0v) is 11.9. The van der Waals surface area contributed by atoms with Gasteiger partial charge in [0.25, 0.3) is 5.91 Å². The third-order valence-electron chi connectivity index (χ3n) is 3.63. The first-order valence-corrected chi connectivity index (χ1v) is 7.10. The number of carbonyl (C=O) groups is 1. The summed E-state index contributed by atoms with van der Waals surface area (Å²) >= 11 is 0. The van der Waals surface area contributed by atoms with Crippen molar-refractivity contribution in [3.63, 3.8) is 0 Å². The number of amides is 1. The molecule has 5 nitrogen and oxygen atoms in total. The molecule has 0 saturated carbocycles. The standard InChI is InChI=1S/C15H23N3O2/c1-10(16)7-11-8-12-3-5-18(4-2-6-19)14(12)13(9-11)15(17)20/h8-10,19H,2-7,16H2,1H3,(H2,17,20). The van der Waals surface area contributed by atoms with Crippen molar-refractivity contribution in [3.05, 3.63) is 28.8 Å². The third kappa shape index (κ3) is 3.11. The first-order chi connectivity index (χ1) is 9.52. The summed E-state index contributed by atoms with van der Waals surface area (Å²) in [5, 5.41) is 8.96. The molecule has 1 aliphatic heterocycles. The highest BCUT2D eigenvalue weighted by molar-refractivity contribution is 6.00. The first-order valence-electron chi connectivity index (χ1n) is 7.10. The molecular weight excluding hydrogens is 254 g/mol. The van der Waals surface area contributed by atoms with E-state index in [4.69, 9.17) is 16.6 Å². The van der Waals surface area contributed by atoms with E-state index in [2.05, 4.69) is 11.0 Å². The summed E-state index contributed by atoms with van der Waals surface area (Å²) in [6.45, 7) is 3.72. The Morgan fingerprint density at radius 1 is 1.50 bits per heavy atom. The molecule has 0 spiro atoms. The summed E-state index contributed by atoms with van der Waals surface area (Å²) in [6.07, 6.45) is 2.34. The number of aliphatic hydroxyl groups excluding tert-OH is 1. The van der Waals surface area contributed by atoms with E-state index >= 15 is 0 Å². The Labute approximate surface area is 119 Å². The second kappa shape index (κ2) is 6.24. The van der Waals surface area contributed by atoms with E-state index in [1.807, 2.05) is 13.0 Å². The van der Waals surface area contributed by atoms with Crippen molar-refractivity contribution >= 4 is 11.6 Å². The van der Waals surface area contributed by atoms with Crippen LogP contribution >= 0.6 is 0 Å². The largest absolute Gasteiger partial charge is 0.396 e. The van der Waals surface area contributed by atoms with E-state index in [9.17, 15) is 4.79 Å². The van der Waals surface area contributed by atoms with Crippen molar-refractivity contribution in [3.8, 4) is 0 Å². The Morgan fingerprint density at radius 2 is 2.25 bits per heavy atom. The molecule has 1 heterocycles. The van der Waals surface area contributed by atoms with Gasteiger partial charge in [0.05, 0.1) is 11.3 Å². The summed E-state index contributed by atoms with van der Waals surface area (Å²) in [7, 11) is 0. The van der Waals surface area contributed by atoms with E-state index in [-0.39, 0.29) is 12.6 Å². The molecule has 0 saturated heterocycles. The van der Waals surface area contributed by atoms with Crippen LogP contribution in [0.5, 0.6) is 0 Å². The van der Waals surface area contributed by atoms with Gasteiger partial charge in [0, 0.05) is 25.7 Å². The van der Waals surface area contributed by atoms with E-state index in [1.165, 1.54) is 0 Å². The number of hydrogen-bond donors (Lipinski definition) is 3. The number of benzene rings is 1. The number of carbonyl (C=O) groups excluding carboxylic acids is 1. The minimum absolute atomic E-state index is 0.0562. The van der Waals surface area contributed by atoms with Crippen molar-refractivity contribution in [2.75, 3.05) is 24.6 Å². The van der Waals surface area contributed by atoms with Gasteiger partial charge in [0.15, 0.2) is 0 Å². The Kier molecular flexibility index (Phi) is 4.62. The van der Waals surface area contributed by atoms with Crippen molar-refractivity contribution < 1.29 is 9.90 Å². The highest BCUT2D eigenvalue weighted by atomic mass is 16.3. The van der Waals surface area contributed by atoms with Crippen LogP contribution < -0.4 is 16.4 Å². The number of anilines is 1. The molecule has 0 bridgehead atoms. The molecule has 5 heteroatoms. The molecule has 20 heavy (non-hydrogen) atoms. The molecule has 0 fully saturated rings. The van der Waals surface area contributed by atoms with Crippen molar-refractivity contribution in [2.45, 2.75) is 32.2 Å². The highest BCUT2D eigenvalue weighted by Crippen LogP contribution is 2.33. The number of hydrogen-bond acceptors (Lipinski definition) is 4. The minimum atomic E-state index is -0.399. The van der Waals surface area contributed by atoms with Gasteiger partial charge in [-0.3, -0.25) is 4.79 Å². The lowest BCUT2D eigenvalue weighted by Gasteiger charge is -2.21. The van der Waals surface area contributed by atoms with Gasteiger partial charge in [-0.05, 0) is 43.4 Å². The lowest BCUT2D eigenvalue weighted by atomic mass is 9.98. The van der Waals surface area contributed by atoms with Crippen LogP contribution in [0.1, 0.15) is 34.8 Å². The smallest absolute Gasteiger partial charge is 0.250 e. The Morgan fingerprint density at radius 3 is 2.85 bits per heavy atom. The number of nitrogens with zero attached hydrogens (tertiary/aromatic N) is 1. The molecule has 1 aromatic rings. The molecule has 1 aliphatic rings. The Hall–Kier alpha value is -1.59. The van der Waals surface area contributed by atoms with Crippen molar-refractivity contribution in [2.24, 2.45) is 11.5 Å². The van der Waals surface area contributed by atoms with Gasteiger partial charge < -0.3 is 21.5 Å². The van der Waals surface area contributed by atoms with Crippen LogP contribution in [0.2, 0.25) is 0 Å². The quantitative estimate of drug-likeness (QED) is 0.702. The molecular formula is C15H23N3O2. The van der Waals surface area contributed by atoms with Crippen LogP contribution in [-0.4, -0.2) is 36.8 Å². The average molecular weight is 277 g/mol. The van der Waals surface area contributed by atoms with Crippen LogP contribution in [-0.2, 0) is 12.8 Å². The molecule has 2 rings (SSSR count). The third-order valence-corrected chi connectivity index (χ3v) is 3.63. The summed E-state index contributed by atoms with van der Waals surface area (Å²) in [6, 6.07) is 4.05. The van der Waals surface area contributed by atoms with E-state index in [0.29, 0.717) is 12.0 Å². The molecule has 0 aliphatic carbocycles. The predicted molar refractivity (Wildman–Crippen MR) is 79.9 cm³/mol. The van der Waals surface area contributed by atoms with Crippen LogP contribution in [0, 0.1) is 0 Å². The van der Waals surface area contributed by atoms with Gasteiger partial charge in [-0.2, -0.15) is 0 Å². The van der Waals surface area contributed by atoms with E-state index in [1.54, 1.807) is 0 Å². The fourth-order valence-corrected chi connectivity index (χ4v) is 2.85. The maximum absolute atomic E-state index is 11.7. The minimum Gasteiger partial charge on any atom is -0.396 e. The van der Waals surface area contributed by atoms with Gasteiger partial charge in [-0.25, -0.2) is 0 Å². The molecule has 1 aromatic carbocycles. The van der Waals surface area contributed by atoms with Gasteiger partial charge >= 0.3 is 0 Å². The second-order valence-corrected chi connectivity index (χ2v) is 5.51. The van der Waals surface area contributed by atoms with Crippen molar-refractivity contribution in [1.29, 1.82) is 0 Å². The van der Waals surface area contributed by atoms with E-state index in [0.717, 1.165) is 42.7 Å². The SMILES string of the molecule is CC(N)Cc1cc2c(c(C(N)=O)c1)N(CCCO)CC2. The van der Waals surface area contributed by atoms with Crippen LogP contribution in [0.4, 0.5) is 5.69 Å². The van der Waals surface area contributed by atoms with Crippen LogP contribution in [0.3, 0.4) is 0 Å². The van der Waals surface area contributed by atoms with Crippen LogP contribution in [0.15, 0.2) is 12.1 Å². The molecule has 0 aromatic heterocycles. The monoisotopic (exact) mass is 277 g/mol. The average Bonchev–Trinajstić information content (AvgIpc) is 2.77. The van der Waals surface area contributed by atoms with Gasteiger partial charge in [-0.15, -0.1) is 0 Å². The summed E-state index contributed by atoms with van der Waals surface area (Å²) in [5.74, 6) is -0.399. The number of aliphatic hydroxyl groups is 1. The predicted octanol–water partition coefficient (Wildman–Crippen LogP) is 0.420.